The van der Waals surface area contributed by atoms with Crippen LogP contribution in [0.25, 0.3) is 5.78 Å². The average molecular weight is 471 g/mol. The third-order valence-electron chi connectivity index (χ3n) is 5.31. The van der Waals surface area contributed by atoms with Gasteiger partial charge in [0.25, 0.3) is 5.78 Å². The Hall–Kier alpha value is -2.99. The van der Waals surface area contributed by atoms with Crippen LogP contribution in [0.3, 0.4) is 0 Å². The molecular formula is C21H30N10OS. The molecule has 1 aliphatic rings. The van der Waals surface area contributed by atoms with Crippen LogP contribution in [-0.4, -0.2) is 78.3 Å². The van der Waals surface area contributed by atoms with E-state index in [0.29, 0.717) is 35.9 Å². The summed E-state index contributed by atoms with van der Waals surface area (Å²) in [6.45, 7) is 8.12. The minimum Gasteiger partial charge on any atom is -0.355 e. The number of anilines is 2. The number of nitrogens with one attached hydrogen (secondary N) is 3. The summed E-state index contributed by atoms with van der Waals surface area (Å²) in [4.78, 5) is 28.3. The molecule has 33 heavy (non-hydrogen) atoms. The van der Waals surface area contributed by atoms with Crippen molar-refractivity contribution >= 4 is 35.3 Å². The molecule has 11 nitrogen and oxygen atoms in total. The van der Waals surface area contributed by atoms with Crippen molar-refractivity contribution in [3.8, 4) is 0 Å². The third-order valence-corrected chi connectivity index (χ3v) is 6.24. The van der Waals surface area contributed by atoms with Gasteiger partial charge in [-0.2, -0.15) is 9.97 Å². The van der Waals surface area contributed by atoms with Crippen LogP contribution in [0, 0.1) is 0 Å². The predicted molar refractivity (Wildman–Crippen MR) is 128 cm³/mol. The number of carbonyl (C=O) groups excluding carboxylic acids is 1. The quantitative estimate of drug-likeness (QED) is 0.377. The Morgan fingerprint density at radius 3 is 2.67 bits per heavy atom. The molecule has 3 aromatic rings. The summed E-state index contributed by atoms with van der Waals surface area (Å²) in [6, 6.07) is 6.18. The highest BCUT2D eigenvalue weighted by Gasteiger charge is 2.22. The summed E-state index contributed by atoms with van der Waals surface area (Å²) in [5.41, 5.74) is 1.08. The monoisotopic (exact) mass is 470 g/mol. The van der Waals surface area contributed by atoms with Crippen molar-refractivity contribution in [3.63, 3.8) is 0 Å². The van der Waals surface area contributed by atoms with E-state index in [1.807, 2.05) is 38.2 Å². The zero-order valence-corrected chi connectivity index (χ0v) is 19.8. The minimum absolute atomic E-state index is 0.00452. The lowest BCUT2D eigenvalue weighted by molar-refractivity contribution is -0.119. The Morgan fingerprint density at radius 1 is 1.12 bits per heavy atom. The first-order chi connectivity index (χ1) is 16.2. The molecule has 0 unspecified atom stereocenters. The van der Waals surface area contributed by atoms with Crippen LogP contribution in [-0.2, 0) is 11.3 Å². The van der Waals surface area contributed by atoms with Crippen molar-refractivity contribution in [1.82, 2.24) is 39.8 Å². The van der Waals surface area contributed by atoms with Gasteiger partial charge in [0.2, 0.25) is 17.8 Å². The first-order valence-electron chi connectivity index (χ1n) is 11.3. The molecule has 1 aliphatic heterocycles. The van der Waals surface area contributed by atoms with Crippen LogP contribution in [0.15, 0.2) is 29.6 Å². The number of hydrogen-bond acceptors (Lipinski definition) is 10. The highest BCUT2D eigenvalue weighted by atomic mass is 32.2. The van der Waals surface area contributed by atoms with Gasteiger partial charge in [0.05, 0.1) is 11.4 Å². The lowest BCUT2D eigenvalue weighted by Gasteiger charge is -2.32. The van der Waals surface area contributed by atoms with E-state index in [9.17, 15) is 4.79 Å². The lowest BCUT2D eigenvalue weighted by Crippen LogP contribution is -2.44. The van der Waals surface area contributed by atoms with Crippen LogP contribution in [0.5, 0.6) is 0 Å². The van der Waals surface area contributed by atoms with Gasteiger partial charge in [-0.15, -0.1) is 10.2 Å². The predicted octanol–water partition coefficient (Wildman–Crippen LogP) is 1.65. The van der Waals surface area contributed by atoms with Gasteiger partial charge < -0.3 is 16.0 Å². The van der Waals surface area contributed by atoms with Crippen molar-refractivity contribution in [3.05, 3.63) is 30.1 Å². The number of carbonyl (C=O) groups is 1. The molecule has 0 spiro atoms. The highest BCUT2D eigenvalue weighted by Crippen LogP contribution is 2.21. The first-order valence-corrected chi connectivity index (χ1v) is 12.3. The van der Waals surface area contributed by atoms with E-state index >= 15 is 0 Å². The summed E-state index contributed by atoms with van der Waals surface area (Å²) < 4.78 is 1.75. The Bertz CT molecular complexity index is 1050. The Labute approximate surface area is 197 Å². The molecule has 1 amide bonds. The number of rotatable bonds is 10. The number of aromatic nitrogens is 6. The van der Waals surface area contributed by atoms with Gasteiger partial charge >= 0.3 is 0 Å². The van der Waals surface area contributed by atoms with Gasteiger partial charge in [-0.25, -0.2) is 4.40 Å². The number of thioether (sulfide) groups is 1. The van der Waals surface area contributed by atoms with E-state index in [-0.39, 0.29) is 17.7 Å². The van der Waals surface area contributed by atoms with Crippen LogP contribution < -0.4 is 16.0 Å². The fraction of sp³-hybridized carbons (Fsp3) is 0.524. The van der Waals surface area contributed by atoms with Crippen LogP contribution in [0.4, 0.5) is 11.9 Å². The van der Waals surface area contributed by atoms with Crippen LogP contribution >= 0.6 is 11.8 Å². The molecule has 1 saturated heterocycles. The SMILES string of the molecule is CCNc1nc(NCC)n2c(SCC(=O)NC3CCN(Cc4ccccn4)CC3)nnc2n1. The van der Waals surface area contributed by atoms with Crippen molar-refractivity contribution in [2.45, 2.75) is 44.4 Å². The van der Waals surface area contributed by atoms with Gasteiger partial charge in [0, 0.05) is 45.0 Å². The number of fused-ring (bicyclic) bond motifs is 1. The summed E-state index contributed by atoms with van der Waals surface area (Å²) in [5.74, 6) is 1.80. The third kappa shape index (κ3) is 6.08. The van der Waals surface area contributed by atoms with Crippen molar-refractivity contribution in [2.24, 2.45) is 0 Å². The Morgan fingerprint density at radius 2 is 1.94 bits per heavy atom. The second-order valence-corrected chi connectivity index (χ2v) is 8.72. The zero-order valence-electron chi connectivity index (χ0n) is 19.0. The van der Waals surface area contributed by atoms with Crippen LogP contribution in [0.2, 0.25) is 0 Å². The van der Waals surface area contributed by atoms with Crippen LogP contribution in [0.1, 0.15) is 32.4 Å². The summed E-state index contributed by atoms with van der Waals surface area (Å²) >= 11 is 1.33. The molecular weight excluding hydrogens is 440 g/mol. The van der Waals surface area contributed by atoms with E-state index in [1.165, 1.54) is 11.8 Å². The lowest BCUT2D eigenvalue weighted by atomic mass is 10.0. The number of piperidine rings is 1. The minimum atomic E-state index is -0.00452. The molecule has 0 bridgehead atoms. The topological polar surface area (TPSA) is 125 Å². The normalized spacial score (nSPS) is 15.0. The summed E-state index contributed by atoms with van der Waals surface area (Å²) in [7, 11) is 0. The van der Waals surface area contributed by atoms with E-state index in [4.69, 9.17) is 0 Å². The number of amides is 1. The number of hydrogen-bond donors (Lipinski definition) is 3. The van der Waals surface area contributed by atoms with E-state index in [2.05, 4.69) is 46.0 Å². The van der Waals surface area contributed by atoms with E-state index in [0.717, 1.165) is 38.2 Å². The van der Waals surface area contributed by atoms with Crippen molar-refractivity contribution < 1.29 is 4.79 Å². The molecule has 0 saturated carbocycles. The molecule has 1 fully saturated rings. The Kier molecular flexibility index (Phi) is 7.89. The fourth-order valence-corrected chi connectivity index (χ4v) is 4.49. The maximum Gasteiger partial charge on any atom is 0.261 e. The molecule has 176 valence electrons. The van der Waals surface area contributed by atoms with Crippen molar-refractivity contribution in [1.29, 1.82) is 0 Å². The largest absolute Gasteiger partial charge is 0.355 e. The molecule has 3 N–H and O–H groups in total. The average Bonchev–Trinajstić information content (AvgIpc) is 3.23. The molecule has 0 atom stereocenters. The van der Waals surface area contributed by atoms with Gasteiger partial charge in [-0.3, -0.25) is 14.7 Å². The molecule has 0 radical (unpaired) electrons. The van der Waals surface area contributed by atoms with Crippen molar-refractivity contribution in [2.75, 3.05) is 42.6 Å². The van der Waals surface area contributed by atoms with E-state index < -0.39 is 0 Å². The Balaban J connectivity index is 1.29. The second-order valence-electron chi connectivity index (χ2n) is 7.78. The molecule has 0 aromatic carbocycles. The van der Waals surface area contributed by atoms with Gasteiger partial charge in [-0.1, -0.05) is 17.8 Å². The number of nitrogens with zero attached hydrogens (tertiary/aromatic N) is 7. The summed E-state index contributed by atoms with van der Waals surface area (Å²) in [5, 5.41) is 18.4. The molecule has 4 heterocycles. The van der Waals surface area contributed by atoms with Gasteiger partial charge in [-0.05, 0) is 38.8 Å². The first kappa shape index (κ1) is 23.2. The number of likely N-dealkylation sites (tertiary alicyclic amines) is 1. The second kappa shape index (κ2) is 11.2. The van der Waals surface area contributed by atoms with Gasteiger partial charge in [0.1, 0.15) is 0 Å². The standard InChI is InChI=1S/C21H30N10OS/c1-3-22-18-26-19(23-4-2)31-20(27-18)28-29-21(31)33-14-17(32)25-15-8-11-30(12-9-15)13-16-7-5-6-10-24-16/h5-7,10,15H,3-4,8-9,11-14H2,1-2H3,(H,25,32)(H2,22,23,26,27,28). The maximum absolute atomic E-state index is 12.6. The smallest absolute Gasteiger partial charge is 0.261 e. The number of pyridine rings is 1. The fourth-order valence-electron chi connectivity index (χ4n) is 3.75. The molecule has 0 aliphatic carbocycles. The molecule has 4 rings (SSSR count). The highest BCUT2D eigenvalue weighted by molar-refractivity contribution is 7.99. The van der Waals surface area contributed by atoms with Gasteiger partial charge in [0.15, 0.2) is 5.16 Å². The van der Waals surface area contributed by atoms with E-state index in [1.54, 1.807) is 4.40 Å². The maximum atomic E-state index is 12.6. The molecule has 3 aromatic heterocycles. The summed E-state index contributed by atoms with van der Waals surface area (Å²) in [6.07, 6.45) is 3.69. The zero-order chi connectivity index (χ0) is 23.0. The molecule has 12 heteroatoms.